The van der Waals surface area contributed by atoms with Crippen LogP contribution in [0.15, 0.2) is 24.3 Å². The molecule has 1 atom stereocenters. The van der Waals surface area contributed by atoms with E-state index in [-0.39, 0.29) is 11.9 Å². The Kier molecular flexibility index (Phi) is 5.39. The van der Waals surface area contributed by atoms with Crippen LogP contribution < -0.4 is 0 Å². The van der Waals surface area contributed by atoms with Crippen LogP contribution >= 0.6 is 10.7 Å². The average Bonchev–Trinajstić information content (AvgIpc) is 2.24. The van der Waals surface area contributed by atoms with Crippen LogP contribution in [0.2, 0.25) is 0 Å². The van der Waals surface area contributed by atoms with Gasteiger partial charge in [-0.2, -0.15) is 0 Å². The molecule has 1 aromatic rings. The van der Waals surface area contributed by atoms with Crippen molar-refractivity contribution in [3.05, 3.63) is 35.4 Å². The number of ether oxygens (including phenoxy) is 2. The van der Waals surface area contributed by atoms with Gasteiger partial charge >= 0.3 is 0 Å². The molecule has 0 aliphatic heterocycles. The minimum absolute atomic E-state index is 0.189. The summed E-state index contributed by atoms with van der Waals surface area (Å²) < 4.78 is 32.2. The Balaban J connectivity index is 2.91. The molecule has 4 nitrogen and oxygen atoms in total. The summed E-state index contributed by atoms with van der Waals surface area (Å²) in [4.78, 5) is 0. The number of rotatable bonds is 6. The summed E-state index contributed by atoms with van der Waals surface area (Å²) in [5.74, 6) is -0.189. The molecule has 0 heterocycles. The lowest BCUT2D eigenvalue weighted by Gasteiger charge is -2.15. The molecule has 17 heavy (non-hydrogen) atoms. The van der Waals surface area contributed by atoms with Crippen molar-refractivity contribution in [3.63, 3.8) is 0 Å². The zero-order chi connectivity index (χ0) is 12.9. The van der Waals surface area contributed by atoms with Crippen molar-refractivity contribution in [3.8, 4) is 0 Å². The summed E-state index contributed by atoms with van der Waals surface area (Å²) in [7, 11) is 4.83. The van der Waals surface area contributed by atoms with E-state index in [4.69, 9.17) is 20.2 Å². The van der Waals surface area contributed by atoms with Gasteiger partial charge in [0.15, 0.2) is 0 Å². The van der Waals surface area contributed by atoms with Crippen LogP contribution in [0.25, 0.3) is 0 Å². The normalized spacial score (nSPS) is 13.6. The van der Waals surface area contributed by atoms with Gasteiger partial charge in [-0.1, -0.05) is 24.3 Å². The minimum Gasteiger partial charge on any atom is -0.382 e. The Morgan fingerprint density at radius 3 is 2.59 bits per heavy atom. The Morgan fingerprint density at radius 1 is 1.35 bits per heavy atom. The highest BCUT2D eigenvalue weighted by molar-refractivity contribution is 8.13. The fourth-order valence-corrected chi connectivity index (χ4v) is 2.49. The molecule has 96 valence electrons. The highest BCUT2D eigenvalue weighted by Gasteiger charge is 2.12. The fraction of sp³-hybridized carbons (Fsp3) is 0.455. The smallest absolute Gasteiger partial charge is 0.236 e. The largest absolute Gasteiger partial charge is 0.382 e. The quantitative estimate of drug-likeness (QED) is 0.748. The first-order valence-electron chi connectivity index (χ1n) is 4.99. The van der Waals surface area contributed by atoms with E-state index in [9.17, 15) is 8.42 Å². The summed E-state index contributed by atoms with van der Waals surface area (Å²) in [6.45, 7) is 0.410. The van der Waals surface area contributed by atoms with Crippen molar-refractivity contribution in [1.82, 2.24) is 0 Å². The van der Waals surface area contributed by atoms with E-state index in [0.717, 1.165) is 5.56 Å². The number of benzene rings is 1. The molecule has 0 aromatic heterocycles. The Hall–Kier alpha value is -0.620. The van der Waals surface area contributed by atoms with Gasteiger partial charge in [-0.25, -0.2) is 8.42 Å². The van der Waals surface area contributed by atoms with E-state index in [1.807, 2.05) is 6.07 Å². The maximum absolute atomic E-state index is 11.0. The van der Waals surface area contributed by atoms with Crippen LogP contribution in [-0.2, 0) is 24.3 Å². The molecule has 1 rings (SSSR count). The van der Waals surface area contributed by atoms with Crippen molar-refractivity contribution in [1.29, 1.82) is 0 Å². The molecule has 0 fully saturated rings. The molecule has 0 aliphatic rings. The van der Waals surface area contributed by atoms with E-state index >= 15 is 0 Å². The predicted molar refractivity (Wildman–Crippen MR) is 66.5 cm³/mol. The highest BCUT2D eigenvalue weighted by atomic mass is 35.7. The van der Waals surface area contributed by atoms with Crippen LogP contribution in [0.4, 0.5) is 0 Å². The molecule has 0 aliphatic carbocycles. The summed E-state index contributed by atoms with van der Waals surface area (Å²) in [5, 5.41) is 0. The molecule has 0 bridgehead atoms. The Bertz CT molecular complexity index is 458. The third kappa shape index (κ3) is 5.04. The molecular formula is C11H15ClO4S. The van der Waals surface area contributed by atoms with Crippen molar-refractivity contribution in [2.24, 2.45) is 0 Å². The summed E-state index contributed by atoms with van der Waals surface area (Å²) in [5.41, 5.74) is 1.50. The van der Waals surface area contributed by atoms with Gasteiger partial charge in [0.1, 0.15) is 6.10 Å². The number of halogens is 1. The number of hydrogen-bond acceptors (Lipinski definition) is 4. The van der Waals surface area contributed by atoms with Gasteiger partial charge in [0.2, 0.25) is 9.05 Å². The van der Waals surface area contributed by atoms with Crippen LogP contribution in [-0.4, -0.2) is 29.2 Å². The third-order valence-corrected chi connectivity index (χ3v) is 3.27. The van der Waals surface area contributed by atoms with E-state index in [2.05, 4.69) is 0 Å². The van der Waals surface area contributed by atoms with Gasteiger partial charge in [0, 0.05) is 24.9 Å². The molecule has 0 saturated carbocycles. The second-order valence-electron chi connectivity index (χ2n) is 3.61. The van der Waals surface area contributed by atoms with Crippen molar-refractivity contribution < 1.29 is 17.9 Å². The first-order chi connectivity index (χ1) is 7.96. The molecule has 0 spiro atoms. The van der Waals surface area contributed by atoms with E-state index < -0.39 is 9.05 Å². The lowest BCUT2D eigenvalue weighted by molar-refractivity contribution is 0.0274. The minimum atomic E-state index is -3.54. The molecular weight excluding hydrogens is 264 g/mol. The second-order valence-corrected chi connectivity index (χ2v) is 6.38. The number of methoxy groups -OCH3 is 2. The van der Waals surface area contributed by atoms with Crippen LogP contribution in [0.1, 0.15) is 17.2 Å². The van der Waals surface area contributed by atoms with Gasteiger partial charge < -0.3 is 9.47 Å². The van der Waals surface area contributed by atoms with Crippen molar-refractivity contribution in [2.75, 3.05) is 20.8 Å². The first kappa shape index (κ1) is 14.4. The van der Waals surface area contributed by atoms with Crippen LogP contribution in [0.5, 0.6) is 0 Å². The summed E-state index contributed by atoms with van der Waals surface area (Å²) >= 11 is 0. The van der Waals surface area contributed by atoms with E-state index in [1.54, 1.807) is 32.4 Å². The lowest BCUT2D eigenvalue weighted by atomic mass is 10.1. The molecule has 0 radical (unpaired) electrons. The first-order valence-corrected chi connectivity index (χ1v) is 7.47. The molecule has 1 unspecified atom stereocenters. The summed E-state index contributed by atoms with van der Waals surface area (Å²) in [6, 6.07) is 7.10. The maximum Gasteiger partial charge on any atom is 0.236 e. The second kappa shape index (κ2) is 6.35. The zero-order valence-electron chi connectivity index (χ0n) is 9.72. The maximum atomic E-state index is 11.0. The zero-order valence-corrected chi connectivity index (χ0v) is 11.3. The third-order valence-electron chi connectivity index (χ3n) is 2.26. The lowest BCUT2D eigenvalue weighted by Crippen LogP contribution is -2.09. The van der Waals surface area contributed by atoms with Gasteiger partial charge in [-0.15, -0.1) is 0 Å². The SMILES string of the molecule is COCC(OC)c1cccc(CS(=O)(=O)Cl)c1. The van der Waals surface area contributed by atoms with Gasteiger partial charge in [0.05, 0.1) is 12.4 Å². The molecule has 0 saturated heterocycles. The van der Waals surface area contributed by atoms with Gasteiger partial charge in [0.25, 0.3) is 0 Å². The Labute approximate surface area is 106 Å². The molecule has 0 amide bonds. The van der Waals surface area contributed by atoms with Gasteiger partial charge in [-0.3, -0.25) is 0 Å². The number of hydrogen-bond donors (Lipinski definition) is 0. The predicted octanol–water partition coefficient (Wildman–Crippen LogP) is 2.09. The van der Waals surface area contributed by atoms with Crippen molar-refractivity contribution in [2.45, 2.75) is 11.9 Å². The molecule has 0 N–H and O–H groups in total. The van der Waals surface area contributed by atoms with Crippen molar-refractivity contribution >= 4 is 19.7 Å². The highest BCUT2D eigenvalue weighted by Crippen LogP contribution is 2.20. The van der Waals surface area contributed by atoms with Crippen LogP contribution in [0.3, 0.4) is 0 Å². The summed E-state index contributed by atoms with van der Waals surface area (Å²) in [6.07, 6.45) is -0.210. The van der Waals surface area contributed by atoms with E-state index in [1.165, 1.54) is 0 Å². The molecule has 6 heteroatoms. The standard InChI is InChI=1S/C11H15ClO4S/c1-15-7-11(16-2)10-5-3-4-9(6-10)8-17(12,13)14/h3-6,11H,7-8H2,1-2H3. The topological polar surface area (TPSA) is 52.6 Å². The average molecular weight is 279 g/mol. The van der Waals surface area contributed by atoms with Gasteiger partial charge in [-0.05, 0) is 11.1 Å². The Morgan fingerprint density at radius 2 is 2.06 bits per heavy atom. The molecule has 1 aromatic carbocycles. The monoisotopic (exact) mass is 278 g/mol. The van der Waals surface area contributed by atoms with Crippen LogP contribution in [0, 0.1) is 0 Å². The van der Waals surface area contributed by atoms with E-state index in [0.29, 0.717) is 12.2 Å². The fourth-order valence-electron chi connectivity index (χ4n) is 1.53.